The summed E-state index contributed by atoms with van der Waals surface area (Å²) in [6.07, 6.45) is 1.71. The topological polar surface area (TPSA) is 45.5 Å². The lowest BCUT2D eigenvalue weighted by molar-refractivity contribution is -0.147. The Morgan fingerprint density at radius 2 is 2.32 bits per heavy atom. The molecule has 1 saturated heterocycles. The van der Waals surface area contributed by atoms with Gasteiger partial charge in [-0.05, 0) is 33.8 Å². The molecule has 0 spiro atoms. The molecule has 3 heterocycles. The normalized spacial score (nSPS) is 37.2. The molecule has 5 nitrogen and oxygen atoms in total. The van der Waals surface area contributed by atoms with Crippen LogP contribution in [0.15, 0.2) is 12.3 Å². The summed E-state index contributed by atoms with van der Waals surface area (Å²) in [5, 5.41) is 4.34. The predicted octanol–water partition coefficient (Wildman–Crippen LogP) is 1.88. The van der Waals surface area contributed by atoms with Crippen LogP contribution in [0.5, 0.6) is 0 Å². The lowest BCUT2D eigenvalue weighted by atomic mass is 9.95. The van der Waals surface area contributed by atoms with Gasteiger partial charge in [-0.3, -0.25) is 4.68 Å². The summed E-state index contributed by atoms with van der Waals surface area (Å²) in [4.78, 5) is 0. The number of hydrogen-bond acceptors (Lipinski definition) is 4. The van der Waals surface area contributed by atoms with Gasteiger partial charge in [0.2, 0.25) is 0 Å². The lowest BCUT2D eigenvalue weighted by Crippen LogP contribution is -2.42. The van der Waals surface area contributed by atoms with Crippen molar-refractivity contribution in [3.8, 4) is 0 Å². The van der Waals surface area contributed by atoms with E-state index in [9.17, 15) is 0 Å². The van der Waals surface area contributed by atoms with E-state index in [2.05, 4.69) is 5.10 Å². The van der Waals surface area contributed by atoms with Crippen molar-refractivity contribution < 1.29 is 15.6 Å². The Balaban J connectivity index is 1.97. The van der Waals surface area contributed by atoms with Crippen LogP contribution in [0, 0.1) is 0 Å². The van der Waals surface area contributed by atoms with E-state index in [1.54, 1.807) is 6.20 Å². The van der Waals surface area contributed by atoms with E-state index in [0.29, 0.717) is 6.61 Å². The first kappa shape index (κ1) is 11.9. The highest BCUT2D eigenvalue weighted by Gasteiger charge is 2.61. The monoisotopic (exact) mass is 268 g/mol. The fourth-order valence-electron chi connectivity index (χ4n) is 2.85. The van der Waals surface area contributed by atoms with Crippen LogP contribution >= 0.6 is 0 Å². The van der Waals surface area contributed by atoms with E-state index in [4.69, 9.17) is 15.6 Å². The van der Waals surface area contributed by atoms with Crippen molar-refractivity contribution in [2.45, 2.75) is 57.6 Å². The molecular weight excluding hydrogens is 244 g/mol. The largest absolute Gasteiger partial charge is 0.375 e. The van der Waals surface area contributed by atoms with Crippen LogP contribution < -0.4 is 0 Å². The molecule has 0 N–H and O–H groups in total. The Morgan fingerprint density at radius 3 is 3.00 bits per heavy atom. The average Bonchev–Trinajstić information content (AvgIpc) is 2.96. The molecule has 1 unspecified atom stereocenters. The van der Waals surface area contributed by atoms with Gasteiger partial charge < -0.3 is 14.2 Å². The second-order valence-electron chi connectivity index (χ2n) is 5.76. The standard InChI is InChI=1S/C14H22N2O3/c1-9(2)17-8-14-12-5-6-15-16(12)11(7-18-14)13(14)19-10(3)4/h5-6,9-11,13H,7-8H2,1-4H3/t11-,13?,14+/m1/s1/i7T/t7-,11+,13?,14-/m0. The van der Waals surface area contributed by atoms with Crippen molar-refractivity contribution in [3.05, 3.63) is 18.0 Å². The first-order chi connectivity index (χ1) is 9.45. The summed E-state index contributed by atoms with van der Waals surface area (Å²) < 4.78 is 27.8. The maximum atomic E-state index is 8.16. The maximum absolute atomic E-state index is 8.16. The number of ether oxygens (including phenoxy) is 3. The minimum Gasteiger partial charge on any atom is -0.375 e. The Labute approximate surface area is 115 Å². The van der Waals surface area contributed by atoms with Gasteiger partial charge in [0.15, 0.2) is 5.60 Å². The Kier molecular flexibility index (Phi) is 2.86. The molecule has 2 bridgehead atoms. The van der Waals surface area contributed by atoms with Crippen molar-refractivity contribution in [2.75, 3.05) is 13.2 Å². The van der Waals surface area contributed by atoms with Gasteiger partial charge in [0.1, 0.15) is 12.1 Å². The van der Waals surface area contributed by atoms with Crippen LogP contribution in [0.4, 0.5) is 0 Å². The summed E-state index contributed by atoms with van der Waals surface area (Å²) in [5.41, 5.74) is 0.250. The summed E-state index contributed by atoms with van der Waals surface area (Å²) in [7, 11) is 0. The predicted molar refractivity (Wildman–Crippen MR) is 70.0 cm³/mol. The third kappa shape index (κ3) is 1.91. The quantitative estimate of drug-likeness (QED) is 0.818. The molecule has 2 aliphatic heterocycles. The highest BCUT2D eigenvalue weighted by Crippen LogP contribution is 2.50. The number of nitrogens with zero attached hydrogens (tertiary/aromatic N) is 2. The van der Waals surface area contributed by atoms with Gasteiger partial charge in [0.05, 0.1) is 32.5 Å². The minimum atomic E-state index is -0.706. The van der Waals surface area contributed by atoms with Crippen molar-refractivity contribution in [2.24, 2.45) is 0 Å². The minimum absolute atomic E-state index is 0.0689. The van der Waals surface area contributed by atoms with Gasteiger partial charge in [0, 0.05) is 6.20 Å². The van der Waals surface area contributed by atoms with Crippen LogP contribution in [0.3, 0.4) is 0 Å². The molecule has 0 radical (unpaired) electrons. The van der Waals surface area contributed by atoms with Gasteiger partial charge >= 0.3 is 0 Å². The van der Waals surface area contributed by atoms with E-state index in [1.165, 1.54) is 0 Å². The van der Waals surface area contributed by atoms with E-state index in [1.807, 2.05) is 38.4 Å². The molecule has 4 atom stereocenters. The Morgan fingerprint density at radius 1 is 1.53 bits per heavy atom. The molecule has 106 valence electrons. The second-order valence-corrected chi connectivity index (χ2v) is 5.76. The number of fused-ring (bicyclic) bond motifs is 5. The summed E-state index contributed by atoms with van der Waals surface area (Å²) in [5.74, 6) is 0. The van der Waals surface area contributed by atoms with E-state index in [0.717, 1.165) is 5.69 Å². The number of hydrogen-bond donors (Lipinski definition) is 0. The molecule has 0 amide bonds. The van der Waals surface area contributed by atoms with Crippen LogP contribution in [0.25, 0.3) is 0 Å². The fraction of sp³-hybridized carbons (Fsp3) is 0.786. The molecule has 1 aromatic heterocycles. The SMILES string of the molecule is [3H][C@@H]1O[C@@]2(COC(C)C)c3ccnn3[C@H]1C2OC(C)C. The molecule has 5 heteroatoms. The highest BCUT2D eigenvalue weighted by molar-refractivity contribution is 5.26. The highest BCUT2D eigenvalue weighted by atomic mass is 16.6. The zero-order chi connectivity index (χ0) is 14.5. The van der Waals surface area contributed by atoms with Crippen LogP contribution in [0.2, 0.25) is 0 Å². The molecule has 1 aromatic rings. The van der Waals surface area contributed by atoms with Gasteiger partial charge in [-0.2, -0.15) is 5.10 Å². The Hall–Kier alpha value is -0.910. The summed E-state index contributed by atoms with van der Waals surface area (Å²) >= 11 is 0. The molecule has 0 saturated carbocycles. The number of rotatable bonds is 5. The molecule has 19 heavy (non-hydrogen) atoms. The fourth-order valence-corrected chi connectivity index (χ4v) is 2.85. The van der Waals surface area contributed by atoms with E-state index < -0.39 is 12.2 Å². The van der Waals surface area contributed by atoms with Crippen molar-refractivity contribution in [3.63, 3.8) is 0 Å². The van der Waals surface area contributed by atoms with Gasteiger partial charge in [-0.25, -0.2) is 0 Å². The van der Waals surface area contributed by atoms with Crippen molar-refractivity contribution >= 4 is 0 Å². The first-order valence-corrected chi connectivity index (χ1v) is 6.87. The lowest BCUT2D eigenvalue weighted by Gasteiger charge is -2.31. The number of aromatic nitrogens is 2. The molecule has 2 aliphatic rings. The average molecular weight is 268 g/mol. The zero-order valence-electron chi connectivity index (χ0n) is 12.9. The van der Waals surface area contributed by atoms with Gasteiger partial charge in [-0.1, -0.05) is 0 Å². The maximum Gasteiger partial charge on any atom is 0.161 e. The molecular formula is C14H22N2O3. The zero-order valence-corrected chi connectivity index (χ0v) is 11.9. The van der Waals surface area contributed by atoms with E-state index in [-0.39, 0.29) is 24.4 Å². The van der Waals surface area contributed by atoms with Gasteiger partial charge in [0.25, 0.3) is 0 Å². The first-order valence-electron chi connectivity index (χ1n) is 7.44. The molecule has 3 rings (SSSR count). The molecule has 0 aliphatic carbocycles. The molecule has 0 aromatic carbocycles. The van der Waals surface area contributed by atoms with Crippen LogP contribution in [-0.4, -0.2) is 41.3 Å². The van der Waals surface area contributed by atoms with Crippen molar-refractivity contribution in [1.82, 2.24) is 9.78 Å². The molecule has 1 fully saturated rings. The van der Waals surface area contributed by atoms with Gasteiger partial charge in [-0.15, -0.1) is 0 Å². The Bertz CT molecular complexity index is 491. The van der Waals surface area contributed by atoms with Crippen molar-refractivity contribution in [1.29, 1.82) is 0 Å². The smallest absolute Gasteiger partial charge is 0.161 e. The summed E-state index contributed by atoms with van der Waals surface area (Å²) in [6.45, 7) is 7.70. The second kappa shape index (κ2) is 4.58. The van der Waals surface area contributed by atoms with E-state index >= 15 is 0 Å². The third-order valence-corrected chi connectivity index (χ3v) is 3.62. The van der Waals surface area contributed by atoms with Crippen LogP contribution in [-0.2, 0) is 19.8 Å². The van der Waals surface area contributed by atoms with Crippen LogP contribution in [0.1, 0.15) is 40.8 Å². The third-order valence-electron chi connectivity index (χ3n) is 3.62. The summed E-state index contributed by atoms with van der Waals surface area (Å²) in [6, 6.07) is 1.74.